The SMILES string of the molecule is Cc1ccc(OCc2nc(N)nc(C)c2C(=O)NN)cc1. The molecule has 7 nitrogen and oxygen atoms in total. The summed E-state index contributed by atoms with van der Waals surface area (Å²) in [5, 5.41) is 0. The van der Waals surface area contributed by atoms with Gasteiger partial charge in [-0.3, -0.25) is 10.2 Å². The van der Waals surface area contributed by atoms with Crippen molar-refractivity contribution in [3.63, 3.8) is 0 Å². The number of nitrogens with one attached hydrogen (secondary N) is 1. The summed E-state index contributed by atoms with van der Waals surface area (Å²) in [7, 11) is 0. The molecule has 0 spiro atoms. The van der Waals surface area contributed by atoms with Crippen LogP contribution in [0.25, 0.3) is 0 Å². The largest absolute Gasteiger partial charge is 0.487 e. The number of aryl methyl sites for hydroxylation is 2. The summed E-state index contributed by atoms with van der Waals surface area (Å²) in [6.45, 7) is 3.75. The van der Waals surface area contributed by atoms with E-state index in [1.807, 2.05) is 31.2 Å². The average Bonchev–Trinajstić information content (AvgIpc) is 2.45. The first-order chi connectivity index (χ1) is 10.0. The predicted octanol–water partition coefficient (Wildman–Crippen LogP) is 0.858. The maximum absolute atomic E-state index is 11.8. The predicted molar refractivity (Wildman–Crippen MR) is 78.3 cm³/mol. The summed E-state index contributed by atoms with van der Waals surface area (Å²) in [5.74, 6) is 5.46. The molecular weight excluding hydrogens is 270 g/mol. The van der Waals surface area contributed by atoms with Crippen molar-refractivity contribution >= 4 is 11.9 Å². The minimum absolute atomic E-state index is 0.0866. The third kappa shape index (κ3) is 3.46. The van der Waals surface area contributed by atoms with Gasteiger partial charge in [0.1, 0.15) is 12.4 Å². The van der Waals surface area contributed by atoms with E-state index in [1.54, 1.807) is 6.92 Å². The van der Waals surface area contributed by atoms with E-state index in [1.165, 1.54) is 0 Å². The van der Waals surface area contributed by atoms with Crippen molar-refractivity contribution in [2.75, 3.05) is 5.73 Å². The van der Waals surface area contributed by atoms with E-state index in [9.17, 15) is 4.79 Å². The van der Waals surface area contributed by atoms with Crippen LogP contribution in [0.3, 0.4) is 0 Å². The highest BCUT2D eigenvalue weighted by Crippen LogP contribution is 2.17. The molecule has 0 unspecified atom stereocenters. The Morgan fingerprint density at radius 2 is 1.90 bits per heavy atom. The number of amides is 1. The molecule has 1 aromatic heterocycles. The first-order valence-corrected chi connectivity index (χ1v) is 6.34. The van der Waals surface area contributed by atoms with Crippen LogP contribution in [0.2, 0.25) is 0 Å². The molecule has 0 atom stereocenters. The maximum atomic E-state index is 11.8. The maximum Gasteiger partial charge on any atom is 0.269 e. The number of ether oxygens (including phenoxy) is 1. The fourth-order valence-electron chi connectivity index (χ4n) is 1.91. The highest BCUT2D eigenvalue weighted by molar-refractivity contribution is 5.95. The van der Waals surface area contributed by atoms with Crippen LogP contribution in [-0.4, -0.2) is 15.9 Å². The van der Waals surface area contributed by atoms with Gasteiger partial charge in [0, 0.05) is 0 Å². The number of hydrogen-bond acceptors (Lipinski definition) is 6. The average molecular weight is 287 g/mol. The van der Waals surface area contributed by atoms with Crippen molar-refractivity contribution in [3.8, 4) is 5.75 Å². The van der Waals surface area contributed by atoms with Crippen molar-refractivity contribution < 1.29 is 9.53 Å². The second kappa shape index (κ2) is 6.19. The van der Waals surface area contributed by atoms with E-state index >= 15 is 0 Å². The minimum atomic E-state index is -0.477. The van der Waals surface area contributed by atoms with Crippen LogP contribution >= 0.6 is 0 Å². The van der Waals surface area contributed by atoms with Gasteiger partial charge in [0.15, 0.2) is 0 Å². The molecule has 0 saturated carbocycles. The van der Waals surface area contributed by atoms with Gasteiger partial charge in [0.25, 0.3) is 5.91 Å². The Kier molecular flexibility index (Phi) is 4.34. The number of carbonyl (C=O) groups excluding carboxylic acids is 1. The van der Waals surface area contributed by atoms with E-state index in [-0.39, 0.29) is 18.1 Å². The summed E-state index contributed by atoms with van der Waals surface area (Å²) in [6.07, 6.45) is 0. The van der Waals surface area contributed by atoms with Crippen molar-refractivity contribution in [2.45, 2.75) is 20.5 Å². The Labute approximate surface area is 122 Å². The molecule has 1 amide bonds. The van der Waals surface area contributed by atoms with Crippen LogP contribution in [0.4, 0.5) is 5.95 Å². The molecule has 21 heavy (non-hydrogen) atoms. The highest BCUT2D eigenvalue weighted by atomic mass is 16.5. The van der Waals surface area contributed by atoms with Crippen molar-refractivity contribution in [2.24, 2.45) is 5.84 Å². The molecule has 0 radical (unpaired) electrons. The second-order valence-corrected chi connectivity index (χ2v) is 4.56. The zero-order chi connectivity index (χ0) is 15.4. The Balaban J connectivity index is 2.26. The number of carbonyl (C=O) groups is 1. The number of nitrogens with zero attached hydrogens (tertiary/aromatic N) is 2. The smallest absolute Gasteiger partial charge is 0.269 e. The summed E-state index contributed by atoms with van der Waals surface area (Å²) >= 11 is 0. The lowest BCUT2D eigenvalue weighted by Gasteiger charge is -2.12. The fourth-order valence-corrected chi connectivity index (χ4v) is 1.91. The Bertz CT molecular complexity index is 655. The van der Waals surface area contributed by atoms with Crippen LogP contribution < -0.4 is 21.7 Å². The summed E-state index contributed by atoms with van der Waals surface area (Å²) in [5.41, 5.74) is 9.94. The monoisotopic (exact) mass is 287 g/mol. The topological polar surface area (TPSA) is 116 Å². The van der Waals surface area contributed by atoms with E-state index in [4.69, 9.17) is 16.3 Å². The van der Waals surface area contributed by atoms with Gasteiger partial charge >= 0.3 is 0 Å². The van der Waals surface area contributed by atoms with Crippen LogP contribution in [0.15, 0.2) is 24.3 Å². The molecule has 1 heterocycles. The lowest BCUT2D eigenvalue weighted by atomic mass is 10.1. The quantitative estimate of drug-likeness (QED) is 0.436. The molecule has 0 aliphatic carbocycles. The third-order valence-corrected chi connectivity index (χ3v) is 2.94. The number of benzene rings is 1. The molecule has 5 N–H and O–H groups in total. The van der Waals surface area contributed by atoms with Crippen LogP contribution in [0, 0.1) is 13.8 Å². The Morgan fingerprint density at radius 1 is 1.24 bits per heavy atom. The second-order valence-electron chi connectivity index (χ2n) is 4.56. The first kappa shape index (κ1) is 14.7. The number of anilines is 1. The molecule has 2 rings (SSSR count). The van der Waals surface area contributed by atoms with Gasteiger partial charge in [0.05, 0.1) is 17.0 Å². The van der Waals surface area contributed by atoms with Crippen LogP contribution in [0.5, 0.6) is 5.75 Å². The summed E-state index contributed by atoms with van der Waals surface area (Å²) in [6, 6.07) is 7.55. The van der Waals surface area contributed by atoms with Gasteiger partial charge in [-0.25, -0.2) is 15.8 Å². The first-order valence-electron chi connectivity index (χ1n) is 6.34. The lowest BCUT2D eigenvalue weighted by Crippen LogP contribution is -2.32. The highest BCUT2D eigenvalue weighted by Gasteiger charge is 2.17. The molecule has 7 heteroatoms. The number of aromatic nitrogens is 2. The van der Waals surface area contributed by atoms with Crippen molar-refractivity contribution in [1.29, 1.82) is 0 Å². The Morgan fingerprint density at radius 3 is 2.52 bits per heavy atom. The van der Waals surface area contributed by atoms with Crippen LogP contribution in [-0.2, 0) is 6.61 Å². The molecule has 1 aromatic carbocycles. The zero-order valence-electron chi connectivity index (χ0n) is 11.9. The van der Waals surface area contributed by atoms with Crippen molar-refractivity contribution in [3.05, 3.63) is 46.8 Å². The van der Waals surface area contributed by atoms with Gasteiger partial charge < -0.3 is 10.5 Å². The molecule has 2 aromatic rings. The van der Waals surface area contributed by atoms with Gasteiger partial charge in [-0.2, -0.15) is 0 Å². The normalized spacial score (nSPS) is 10.2. The van der Waals surface area contributed by atoms with E-state index in [0.717, 1.165) is 5.56 Å². The molecule has 110 valence electrons. The number of hydrogen-bond donors (Lipinski definition) is 3. The fraction of sp³-hybridized carbons (Fsp3) is 0.214. The molecule has 0 fully saturated rings. The molecule has 0 aliphatic rings. The number of nitrogens with two attached hydrogens (primary N) is 2. The zero-order valence-corrected chi connectivity index (χ0v) is 11.9. The molecule has 0 aliphatic heterocycles. The molecule has 0 saturated heterocycles. The molecular formula is C14H17N5O2. The van der Waals surface area contributed by atoms with Crippen molar-refractivity contribution in [1.82, 2.24) is 15.4 Å². The van der Waals surface area contributed by atoms with Gasteiger partial charge in [-0.15, -0.1) is 0 Å². The third-order valence-electron chi connectivity index (χ3n) is 2.94. The number of nitrogen functional groups attached to an aromatic ring is 2. The molecule has 0 bridgehead atoms. The Hall–Kier alpha value is -2.67. The number of hydrazine groups is 1. The van der Waals surface area contributed by atoms with E-state index in [0.29, 0.717) is 17.1 Å². The van der Waals surface area contributed by atoms with Crippen LogP contribution in [0.1, 0.15) is 27.3 Å². The summed E-state index contributed by atoms with van der Waals surface area (Å²) in [4.78, 5) is 19.8. The van der Waals surface area contributed by atoms with Gasteiger partial charge in [-0.1, -0.05) is 17.7 Å². The van der Waals surface area contributed by atoms with Gasteiger partial charge in [0.2, 0.25) is 5.95 Å². The van der Waals surface area contributed by atoms with E-state index in [2.05, 4.69) is 15.4 Å². The van der Waals surface area contributed by atoms with Gasteiger partial charge in [-0.05, 0) is 26.0 Å². The lowest BCUT2D eigenvalue weighted by molar-refractivity contribution is 0.0949. The van der Waals surface area contributed by atoms with E-state index < -0.39 is 5.91 Å². The number of rotatable bonds is 4. The standard InChI is InChI=1S/C14H17N5O2/c1-8-3-5-10(6-4-8)21-7-11-12(13(20)19-16)9(2)17-14(15)18-11/h3-6H,7,16H2,1-2H3,(H,19,20)(H2,15,17,18). The summed E-state index contributed by atoms with van der Waals surface area (Å²) < 4.78 is 5.63. The minimum Gasteiger partial charge on any atom is -0.487 e.